The Morgan fingerprint density at radius 2 is 2.00 bits per heavy atom. The second-order valence-electron chi connectivity index (χ2n) is 8.08. The lowest BCUT2D eigenvalue weighted by molar-refractivity contribution is 0.224. The van der Waals surface area contributed by atoms with E-state index in [1.54, 1.807) is 0 Å². The largest absolute Gasteiger partial charge is 0.357 e. The molecule has 28 heavy (non-hydrogen) atoms. The van der Waals surface area contributed by atoms with Crippen LogP contribution >= 0.6 is 24.0 Å². The summed E-state index contributed by atoms with van der Waals surface area (Å²) in [5, 5.41) is 7.82. The van der Waals surface area contributed by atoms with Crippen molar-refractivity contribution in [2.75, 3.05) is 45.8 Å². The van der Waals surface area contributed by atoms with Crippen LogP contribution in [0, 0.1) is 0 Å². The molecule has 0 spiro atoms. The number of nitrogens with one attached hydrogen (secondary N) is 1. The molecule has 0 aliphatic carbocycles. The average Bonchev–Trinajstić information content (AvgIpc) is 3.33. The number of likely N-dealkylation sites (tertiary alicyclic amines) is 2. The molecule has 6 nitrogen and oxygen atoms in total. The minimum atomic E-state index is 0. The zero-order chi connectivity index (χ0) is 18.9. The number of hydrogen-bond donors (Lipinski definition) is 1. The van der Waals surface area contributed by atoms with Crippen LogP contribution in [0.4, 0.5) is 0 Å². The van der Waals surface area contributed by atoms with Crippen molar-refractivity contribution in [3.05, 3.63) is 18.0 Å². The highest BCUT2D eigenvalue weighted by Crippen LogP contribution is 2.26. The first-order valence-corrected chi connectivity index (χ1v) is 11.0. The lowest BCUT2D eigenvalue weighted by Gasteiger charge is -2.26. The lowest BCUT2D eigenvalue weighted by Crippen LogP contribution is -2.40. The Morgan fingerprint density at radius 1 is 1.18 bits per heavy atom. The molecule has 2 saturated heterocycles. The average molecular weight is 502 g/mol. The Hall–Kier alpha value is -0.830. The van der Waals surface area contributed by atoms with E-state index < -0.39 is 0 Å². The Balaban J connectivity index is 0.00000280. The number of guanidine groups is 1. The number of nitrogens with zero attached hydrogens (tertiary/aromatic N) is 5. The van der Waals surface area contributed by atoms with E-state index >= 15 is 0 Å². The minimum Gasteiger partial charge on any atom is -0.357 e. The molecule has 2 aliphatic heterocycles. The van der Waals surface area contributed by atoms with E-state index in [0.717, 1.165) is 32.1 Å². The van der Waals surface area contributed by atoms with Crippen molar-refractivity contribution in [2.45, 2.75) is 57.8 Å². The van der Waals surface area contributed by atoms with Gasteiger partial charge in [-0.15, -0.1) is 24.0 Å². The Kier molecular flexibility index (Phi) is 10.6. The van der Waals surface area contributed by atoms with Gasteiger partial charge in [-0.1, -0.05) is 12.8 Å². The summed E-state index contributed by atoms with van der Waals surface area (Å²) >= 11 is 0. The first-order valence-electron chi connectivity index (χ1n) is 11.0. The van der Waals surface area contributed by atoms with Gasteiger partial charge in [0.2, 0.25) is 0 Å². The van der Waals surface area contributed by atoms with E-state index in [-0.39, 0.29) is 24.0 Å². The fourth-order valence-electron chi connectivity index (χ4n) is 4.29. The molecule has 1 N–H and O–H groups in total. The molecule has 2 aliphatic rings. The SMILES string of the molecule is CCNC(=NCCCCCN1CCCCC1)N1CCC(c2cnn(C)c2)C1.I. The molecule has 2 fully saturated rings. The third-order valence-corrected chi connectivity index (χ3v) is 5.86. The standard InChI is InChI=1S/C21H38N6.HI/c1-3-22-21(23-11-6-4-7-12-26-13-8-5-9-14-26)27-15-10-19(18-27)20-16-24-25(2)17-20;/h16-17,19H,3-15,18H2,1-2H3,(H,22,23);1H. The van der Waals surface area contributed by atoms with Gasteiger partial charge in [0.25, 0.3) is 0 Å². The molecule has 1 unspecified atom stereocenters. The van der Waals surface area contributed by atoms with Crippen molar-refractivity contribution in [2.24, 2.45) is 12.0 Å². The van der Waals surface area contributed by atoms with Crippen molar-refractivity contribution in [3.63, 3.8) is 0 Å². The quantitative estimate of drug-likeness (QED) is 0.256. The molecule has 160 valence electrons. The maximum atomic E-state index is 4.91. The highest BCUT2D eigenvalue weighted by molar-refractivity contribution is 14.0. The van der Waals surface area contributed by atoms with Crippen LogP contribution < -0.4 is 5.32 Å². The zero-order valence-electron chi connectivity index (χ0n) is 17.8. The molecule has 0 radical (unpaired) electrons. The van der Waals surface area contributed by atoms with Gasteiger partial charge >= 0.3 is 0 Å². The Morgan fingerprint density at radius 3 is 2.71 bits per heavy atom. The molecular weight excluding hydrogens is 463 g/mol. The molecule has 3 heterocycles. The van der Waals surface area contributed by atoms with Gasteiger partial charge in [-0.05, 0) is 64.2 Å². The second kappa shape index (κ2) is 12.7. The molecule has 1 aromatic heterocycles. The van der Waals surface area contributed by atoms with Crippen LogP contribution in [0.3, 0.4) is 0 Å². The normalized spacial score (nSPS) is 21.0. The second-order valence-corrected chi connectivity index (χ2v) is 8.08. The predicted molar refractivity (Wildman–Crippen MR) is 128 cm³/mol. The van der Waals surface area contributed by atoms with Gasteiger partial charge in [0, 0.05) is 45.3 Å². The van der Waals surface area contributed by atoms with Crippen LogP contribution in [0.5, 0.6) is 0 Å². The monoisotopic (exact) mass is 502 g/mol. The van der Waals surface area contributed by atoms with E-state index in [1.165, 1.54) is 70.1 Å². The van der Waals surface area contributed by atoms with E-state index in [0.29, 0.717) is 5.92 Å². The summed E-state index contributed by atoms with van der Waals surface area (Å²) in [7, 11) is 1.99. The van der Waals surface area contributed by atoms with Crippen LogP contribution in [0.25, 0.3) is 0 Å². The third kappa shape index (κ3) is 7.21. The van der Waals surface area contributed by atoms with E-state index in [9.17, 15) is 0 Å². The maximum Gasteiger partial charge on any atom is 0.193 e. The van der Waals surface area contributed by atoms with Crippen molar-refractivity contribution < 1.29 is 0 Å². The van der Waals surface area contributed by atoms with Gasteiger partial charge in [-0.3, -0.25) is 9.67 Å². The summed E-state index contributed by atoms with van der Waals surface area (Å²) in [5.41, 5.74) is 1.36. The van der Waals surface area contributed by atoms with Gasteiger partial charge < -0.3 is 15.1 Å². The van der Waals surface area contributed by atoms with Crippen molar-refractivity contribution in [1.82, 2.24) is 24.9 Å². The number of hydrogen-bond acceptors (Lipinski definition) is 3. The van der Waals surface area contributed by atoms with Crippen LogP contribution in [0.1, 0.15) is 63.4 Å². The van der Waals surface area contributed by atoms with E-state index in [2.05, 4.69) is 33.3 Å². The van der Waals surface area contributed by atoms with Gasteiger partial charge in [0.05, 0.1) is 6.20 Å². The molecule has 7 heteroatoms. The van der Waals surface area contributed by atoms with Gasteiger partial charge in [-0.2, -0.15) is 5.10 Å². The zero-order valence-corrected chi connectivity index (χ0v) is 20.1. The van der Waals surface area contributed by atoms with E-state index in [1.807, 2.05) is 17.9 Å². The summed E-state index contributed by atoms with van der Waals surface area (Å²) in [6.07, 6.45) is 13.4. The van der Waals surface area contributed by atoms with Gasteiger partial charge in [0.1, 0.15) is 0 Å². The van der Waals surface area contributed by atoms with Crippen molar-refractivity contribution in [1.29, 1.82) is 0 Å². The summed E-state index contributed by atoms with van der Waals surface area (Å²) in [5.74, 6) is 1.67. The third-order valence-electron chi connectivity index (χ3n) is 5.86. The number of unbranched alkanes of at least 4 members (excludes halogenated alkanes) is 2. The molecule has 0 saturated carbocycles. The first-order chi connectivity index (χ1) is 13.3. The molecule has 0 amide bonds. The van der Waals surface area contributed by atoms with Crippen LogP contribution in [-0.2, 0) is 7.05 Å². The van der Waals surface area contributed by atoms with Crippen LogP contribution in [0.2, 0.25) is 0 Å². The molecule has 0 bridgehead atoms. The number of piperidine rings is 1. The first kappa shape index (κ1) is 23.4. The molecule has 1 atom stereocenters. The van der Waals surface area contributed by atoms with Gasteiger partial charge in [0.15, 0.2) is 5.96 Å². The number of halogens is 1. The van der Waals surface area contributed by atoms with E-state index in [4.69, 9.17) is 4.99 Å². The summed E-state index contributed by atoms with van der Waals surface area (Å²) < 4.78 is 1.90. The molecule has 1 aromatic rings. The number of aliphatic imine (C=N–C) groups is 1. The fraction of sp³-hybridized carbons (Fsp3) is 0.810. The number of aryl methyl sites for hydroxylation is 1. The summed E-state index contributed by atoms with van der Waals surface area (Å²) in [6, 6.07) is 0. The smallest absolute Gasteiger partial charge is 0.193 e. The summed E-state index contributed by atoms with van der Waals surface area (Å²) in [4.78, 5) is 9.97. The van der Waals surface area contributed by atoms with Crippen molar-refractivity contribution in [3.8, 4) is 0 Å². The molecule has 3 rings (SSSR count). The van der Waals surface area contributed by atoms with Crippen LogP contribution in [-0.4, -0.2) is 71.4 Å². The maximum absolute atomic E-state index is 4.91. The minimum absolute atomic E-state index is 0. The van der Waals surface area contributed by atoms with Crippen LogP contribution in [0.15, 0.2) is 17.4 Å². The Bertz CT molecular complexity index is 581. The number of aromatic nitrogens is 2. The molecule has 0 aromatic carbocycles. The summed E-state index contributed by atoms with van der Waals surface area (Å²) in [6.45, 7) is 10.1. The lowest BCUT2D eigenvalue weighted by atomic mass is 10.0. The van der Waals surface area contributed by atoms with Crippen molar-refractivity contribution >= 4 is 29.9 Å². The topological polar surface area (TPSA) is 48.7 Å². The van der Waals surface area contributed by atoms with Gasteiger partial charge in [-0.25, -0.2) is 0 Å². The number of rotatable bonds is 8. The Labute approximate surface area is 188 Å². The highest BCUT2D eigenvalue weighted by Gasteiger charge is 2.26. The molecular formula is C21H39IN6. The fourth-order valence-corrected chi connectivity index (χ4v) is 4.29. The predicted octanol–water partition coefficient (Wildman–Crippen LogP) is 3.45. The highest BCUT2D eigenvalue weighted by atomic mass is 127.